The summed E-state index contributed by atoms with van der Waals surface area (Å²) in [7, 11) is 0. The molecule has 1 N–H and O–H groups in total. The molecule has 0 saturated carbocycles. The molecule has 0 aliphatic rings. The first kappa shape index (κ1) is 14.8. The predicted octanol–water partition coefficient (Wildman–Crippen LogP) is 3.79. The highest BCUT2D eigenvalue weighted by Crippen LogP contribution is 2.17. The summed E-state index contributed by atoms with van der Waals surface area (Å²) in [5.74, 6) is -0.817. The highest BCUT2D eigenvalue weighted by molar-refractivity contribution is 9.10. The van der Waals surface area contributed by atoms with Crippen molar-refractivity contribution in [3.63, 3.8) is 0 Å². The number of aliphatic carboxylic acids is 1. The molecule has 2 aromatic carbocycles. The fourth-order valence-electron chi connectivity index (χ4n) is 1.82. The summed E-state index contributed by atoms with van der Waals surface area (Å²) < 4.78 is 6.70. The molecule has 0 aromatic heterocycles. The van der Waals surface area contributed by atoms with Crippen molar-refractivity contribution in [1.82, 2.24) is 0 Å². The van der Waals surface area contributed by atoms with Crippen molar-refractivity contribution in [2.75, 3.05) is 0 Å². The minimum absolute atomic E-state index is 0.0537. The van der Waals surface area contributed by atoms with Crippen LogP contribution in [0.4, 0.5) is 0 Å². The van der Waals surface area contributed by atoms with Gasteiger partial charge in [0.15, 0.2) is 0 Å². The van der Waals surface area contributed by atoms with Crippen molar-refractivity contribution in [2.45, 2.75) is 19.6 Å². The summed E-state index contributed by atoms with van der Waals surface area (Å²) in [6.07, 6.45) is 0.0537. The van der Waals surface area contributed by atoms with E-state index in [0.29, 0.717) is 13.2 Å². The summed E-state index contributed by atoms with van der Waals surface area (Å²) in [4.78, 5) is 10.6. The van der Waals surface area contributed by atoms with Crippen molar-refractivity contribution in [3.8, 4) is 0 Å². The van der Waals surface area contributed by atoms with Crippen LogP contribution in [-0.2, 0) is 29.2 Å². The van der Waals surface area contributed by atoms with Crippen LogP contribution in [0.1, 0.15) is 16.7 Å². The van der Waals surface area contributed by atoms with Gasteiger partial charge in [-0.25, -0.2) is 0 Å². The quantitative estimate of drug-likeness (QED) is 0.874. The van der Waals surface area contributed by atoms with E-state index in [4.69, 9.17) is 9.84 Å². The summed E-state index contributed by atoms with van der Waals surface area (Å²) in [6, 6.07) is 15.4. The number of carbonyl (C=O) groups is 1. The fourth-order valence-corrected chi connectivity index (χ4v) is 2.22. The van der Waals surface area contributed by atoms with Crippen molar-refractivity contribution in [2.24, 2.45) is 0 Å². The first-order valence-corrected chi connectivity index (χ1v) is 7.05. The number of hydrogen-bond acceptors (Lipinski definition) is 2. The Morgan fingerprint density at radius 1 is 1.00 bits per heavy atom. The van der Waals surface area contributed by atoms with Gasteiger partial charge < -0.3 is 9.84 Å². The van der Waals surface area contributed by atoms with E-state index in [9.17, 15) is 4.79 Å². The van der Waals surface area contributed by atoms with Crippen molar-refractivity contribution in [1.29, 1.82) is 0 Å². The molecule has 2 rings (SSSR count). The van der Waals surface area contributed by atoms with Crippen LogP contribution in [0.25, 0.3) is 0 Å². The van der Waals surface area contributed by atoms with Gasteiger partial charge in [0.2, 0.25) is 0 Å². The second-order valence-electron chi connectivity index (χ2n) is 4.47. The zero-order valence-electron chi connectivity index (χ0n) is 10.9. The Labute approximate surface area is 126 Å². The highest BCUT2D eigenvalue weighted by Gasteiger charge is 2.02. The molecule has 0 spiro atoms. The summed E-state index contributed by atoms with van der Waals surface area (Å²) >= 11 is 3.48. The molecule has 4 heteroatoms. The van der Waals surface area contributed by atoms with Crippen molar-refractivity contribution >= 4 is 21.9 Å². The van der Waals surface area contributed by atoms with Crippen LogP contribution in [0.3, 0.4) is 0 Å². The summed E-state index contributed by atoms with van der Waals surface area (Å²) in [5, 5.41) is 8.70. The molecule has 104 valence electrons. The number of rotatable bonds is 6. The van der Waals surface area contributed by atoms with E-state index in [1.54, 1.807) is 0 Å². The summed E-state index contributed by atoms with van der Waals surface area (Å²) in [5.41, 5.74) is 2.94. The molecule has 0 unspecified atom stereocenters. The lowest BCUT2D eigenvalue weighted by atomic mass is 10.1. The van der Waals surface area contributed by atoms with Gasteiger partial charge in [-0.3, -0.25) is 4.79 Å². The van der Waals surface area contributed by atoms with Crippen LogP contribution in [0, 0.1) is 0 Å². The maximum absolute atomic E-state index is 10.6. The van der Waals surface area contributed by atoms with Gasteiger partial charge in [-0.15, -0.1) is 0 Å². The van der Waals surface area contributed by atoms with E-state index in [1.165, 1.54) is 0 Å². The van der Waals surface area contributed by atoms with Gasteiger partial charge in [-0.2, -0.15) is 0 Å². The van der Waals surface area contributed by atoms with Gasteiger partial charge in [-0.05, 0) is 22.8 Å². The summed E-state index contributed by atoms with van der Waals surface area (Å²) in [6.45, 7) is 1.05. The fraction of sp³-hybridized carbons (Fsp3) is 0.188. The number of carboxylic acid groups (broad SMARTS) is 1. The normalized spacial score (nSPS) is 10.4. The van der Waals surface area contributed by atoms with Crippen LogP contribution >= 0.6 is 15.9 Å². The molecule has 0 radical (unpaired) electrons. The van der Waals surface area contributed by atoms with Crippen LogP contribution in [0.5, 0.6) is 0 Å². The van der Waals surface area contributed by atoms with Gasteiger partial charge in [0.1, 0.15) is 0 Å². The maximum atomic E-state index is 10.6. The molecule has 0 saturated heterocycles. The number of benzene rings is 2. The van der Waals surface area contributed by atoms with Crippen LogP contribution in [0.15, 0.2) is 53.0 Å². The minimum Gasteiger partial charge on any atom is -0.481 e. The Hall–Kier alpha value is -1.65. The smallest absolute Gasteiger partial charge is 0.307 e. The van der Waals surface area contributed by atoms with E-state index in [0.717, 1.165) is 21.2 Å². The van der Waals surface area contributed by atoms with Crippen LogP contribution in [-0.4, -0.2) is 11.1 Å². The molecule has 2 aromatic rings. The van der Waals surface area contributed by atoms with E-state index >= 15 is 0 Å². The number of carboxylic acids is 1. The van der Waals surface area contributed by atoms with Gasteiger partial charge in [0, 0.05) is 4.47 Å². The van der Waals surface area contributed by atoms with Gasteiger partial charge >= 0.3 is 5.97 Å². The molecule has 20 heavy (non-hydrogen) atoms. The first-order valence-electron chi connectivity index (χ1n) is 6.26. The van der Waals surface area contributed by atoms with Gasteiger partial charge in [-0.1, -0.05) is 58.4 Å². The van der Waals surface area contributed by atoms with Crippen LogP contribution in [0.2, 0.25) is 0 Å². The third-order valence-corrected chi connectivity index (χ3v) is 3.64. The molecule has 0 atom stereocenters. The monoisotopic (exact) mass is 334 g/mol. The van der Waals surface area contributed by atoms with Gasteiger partial charge in [0.25, 0.3) is 0 Å². The molecule has 0 heterocycles. The third kappa shape index (κ3) is 4.47. The second-order valence-corrected chi connectivity index (χ2v) is 5.33. The number of ether oxygens (including phenoxy) is 1. The first-order chi connectivity index (χ1) is 9.65. The van der Waals surface area contributed by atoms with Crippen molar-refractivity contribution < 1.29 is 14.6 Å². The van der Waals surface area contributed by atoms with Gasteiger partial charge in [0.05, 0.1) is 19.6 Å². The Morgan fingerprint density at radius 3 is 2.30 bits per heavy atom. The molecule has 0 amide bonds. The minimum atomic E-state index is -0.817. The lowest BCUT2D eigenvalue weighted by molar-refractivity contribution is -0.136. The molecular weight excluding hydrogens is 320 g/mol. The number of hydrogen-bond donors (Lipinski definition) is 1. The molecule has 0 aliphatic heterocycles. The molecule has 0 fully saturated rings. The van der Waals surface area contributed by atoms with Crippen LogP contribution < -0.4 is 0 Å². The Kier molecular flexibility index (Phi) is 5.32. The van der Waals surface area contributed by atoms with E-state index < -0.39 is 5.97 Å². The largest absolute Gasteiger partial charge is 0.481 e. The average molecular weight is 335 g/mol. The average Bonchev–Trinajstić information content (AvgIpc) is 2.42. The second kappa shape index (κ2) is 7.22. The maximum Gasteiger partial charge on any atom is 0.307 e. The van der Waals surface area contributed by atoms with Crippen molar-refractivity contribution in [3.05, 3.63) is 69.7 Å². The van der Waals surface area contributed by atoms with E-state index in [-0.39, 0.29) is 6.42 Å². The predicted molar refractivity (Wildman–Crippen MR) is 80.4 cm³/mol. The Balaban J connectivity index is 1.85. The zero-order valence-corrected chi connectivity index (χ0v) is 12.5. The molecule has 0 bridgehead atoms. The Bertz CT molecular complexity index is 579. The van der Waals surface area contributed by atoms with E-state index in [1.807, 2.05) is 48.5 Å². The molecular formula is C16H15BrO3. The topological polar surface area (TPSA) is 46.5 Å². The standard InChI is InChI=1S/C16H15BrO3/c17-15-4-2-1-3-14(15)11-20-10-13-7-5-12(6-8-13)9-16(18)19/h1-8H,9-11H2,(H,18,19). The highest BCUT2D eigenvalue weighted by atomic mass is 79.9. The molecule has 0 aliphatic carbocycles. The zero-order chi connectivity index (χ0) is 14.4. The molecule has 3 nitrogen and oxygen atoms in total. The van der Waals surface area contributed by atoms with E-state index in [2.05, 4.69) is 15.9 Å². The SMILES string of the molecule is O=C(O)Cc1ccc(COCc2ccccc2Br)cc1. The lowest BCUT2D eigenvalue weighted by Crippen LogP contribution is -2.00. The lowest BCUT2D eigenvalue weighted by Gasteiger charge is -2.07. The number of halogens is 1. The Morgan fingerprint density at radius 2 is 1.65 bits per heavy atom. The third-order valence-electron chi connectivity index (χ3n) is 2.86.